The van der Waals surface area contributed by atoms with Crippen LogP contribution in [0.2, 0.25) is 0 Å². The smallest absolute Gasteiger partial charge is 0.243 e. The lowest BCUT2D eigenvalue weighted by Gasteiger charge is -2.42. The lowest BCUT2D eigenvalue weighted by molar-refractivity contribution is 0.0732. The molecule has 2 rings (SSSR count). The number of sulfonamides is 1. The molecule has 1 aliphatic rings. The van der Waals surface area contributed by atoms with Gasteiger partial charge in [-0.3, -0.25) is 0 Å². The van der Waals surface area contributed by atoms with E-state index in [1.165, 1.54) is 23.6 Å². The topological polar surface area (TPSA) is 83.0 Å². The van der Waals surface area contributed by atoms with Gasteiger partial charge in [-0.1, -0.05) is 18.6 Å². The van der Waals surface area contributed by atoms with E-state index in [0.717, 1.165) is 37.6 Å². The van der Waals surface area contributed by atoms with E-state index in [9.17, 15) is 8.42 Å². The van der Waals surface area contributed by atoms with Crippen LogP contribution in [-0.4, -0.2) is 58.6 Å². The van der Waals surface area contributed by atoms with Crippen LogP contribution in [0.15, 0.2) is 34.2 Å². The summed E-state index contributed by atoms with van der Waals surface area (Å²) in [5.41, 5.74) is 1.28. The van der Waals surface area contributed by atoms with Gasteiger partial charge < -0.3 is 15.4 Å². The summed E-state index contributed by atoms with van der Waals surface area (Å²) in [6.07, 6.45) is 4.80. The molecule has 0 aliphatic heterocycles. The van der Waals surface area contributed by atoms with Gasteiger partial charge in [0.15, 0.2) is 5.96 Å². The molecular weight excluding hydrogens is 527 g/mol. The van der Waals surface area contributed by atoms with Crippen LogP contribution in [-0.2, 0) is 21.3 Å². The molecule has 178 valence electrons. The molecule has 9 heteroatoms. The molecule has 0 amide bonds. The van der Waals surface area contributed by atoms with Crippen LogP contribution in [0.3, 0.4) is 0 Å². The molecule has 0 radical (unpaired) electrons. The fraction of sp³-hybridized carbons (Fsp3) is 0.682. The van der Waals surface area contributed by atoms with Crippen molar-refractivity contribution in [2.24, 2.45) is 10.4 Å². The highest BCUT2D eigenvalue weighted by Crippen LogP contribution is 2.43. The Bertz CT molecular complexity index is 793. The first kappa shape index (κ1) is 28.1. The van der Waals surface area contributed by atoms with Crippen molar-refractivity contribution >= 4 is 40.0 Å². The van der Waals surface area contributed by atoms with Crippen molar-refractivity contribution in [3.63, 3.8) is 0 Å². The number of benzene rings is 1. The largest absolute Gasteiger partial charge is 0.385 e. The maximum absolute atomic E-state index is 12.6. The second-order valence-corrected chi connectivity index (χ2v) is 10.4. The lowest BCUT2D eigenvalue weighted by Crippen LogP contribution is -2.46. The number of ether oxygens (including phenoxy) is 1. The van der Waals surface area contributed by atoms with E-state index in [1.807, 2.05) is 32.9 Å². The van der Waals surface area contributed by atoms with Gasteiger partial charge in [0.2, 0.25) is 10.0 Å². The average molecular weight is 567 g/mol. The Morgan fingerprint density at radius 1 is 1.23 bits per heavy atom. The molecule has 1 aliphatic carbocycles. The number of hydrogen-bond acceptors (Lipinski definition) is 4. The first-order valence-corrected chi connectivity index (χ1v) is 12.3. The van der Waals surface area contributed by atoms with Crippen molar-refractivity contribution in [2.45, 2.75) is 63.9 Å². The van der Waals surface area contributed by atoms with Crippen LogP contribution in [0.1, 0.15) is 52.0 Å². The molecule has 1 aromatic rings. The highest BCUT2D eigenvalue weighted by Gasteiger charge is 2.36. The van der Waals surface area contributed by atoms with Gasteiger partial charge in [-0.25, -0.2) is 13.4 Å². The molecule has 1 aromatic carbocycles. The van der Waals surface area contributed by atoms with E-state index in [1.54, 1.807) is 26.3 Å². The third kappa shape index (κ3) is 7.87. The van der Waals surface area contributed by atoms with Gasteiger partial charge in [0, 0.05) is 39.9 Å². The maximum Gasteiger partial charge on any atom is 0.243 e. The summed E-state index contributed by atoms with van der Waals surface area (Å²) in [5, 5.41) is 6.78. The SMILES string of the molecule is CCNC(=NCc1ccc(S(=O)(=O)N(C)C(C)C)cc1)NCC1(CCOC)CCC1.I. The minimum atomic E-state index is -3.46. The predicted octanol–water partition coefficient (Wildman–Crippen LogP) is 3.60. The monoisotopic (exact) mass is 566 g/mol. The van der Waals surface area contributed by atoms with E-state index in [2.05, 4.69) is 15.6 Å². The Morgan fingerprint density at radius 3 is 2.35 bits per heavy atom. The minimum absolute atomic E-state index is 0. The minimum Gasteiger partial charge on any atom is -0.385 e. The number of nitrogens with one attached hydrogen (secondary N) is 2. The van der Waals surface area contributed by atoms with Crippen molar-refractivity contribution in [3.8, 4) is 0 Å². The fourth-order valence-electron chi connectivity index (χ4n) is 3.50. The van der Waals surface area contributed by atoms with Crippen LogP contribution in [0.5, 0.6) is 0 Å². The first-order valence-electron chi connectivity index (χ1n) is 10.8. The summed E-state index contributed by atoms with van der Waals surface area (Å²) in [4.78, 5) is 4.99. The van der Waals surface area contributed by atoms with Gasteiger partial charge in [-0.2, -0.15) is 4.31 Å². The highest BCUT2D eigenvalue weighted by molar-refractivity contribution is 14.0. The molecule has 0 saturated heterocycles. The second-order valence-electron chi connectivity index (χ2n) is 8.40. The molecule has 0 spiro atoms. The number of rotatable bonds is 11. The molecule has 0 atom stereocenters. The number of guanidine groups is 1. The van der Waals surface area contributed by atoms with Gasteiger partial charge in [0.05, 0.1) is 11.4 Å². The predicted molar refractivity (Wildman–Crippen MR) is 138 cm³/mol. The fourth-order valence-corrected chi connectivity index (χ4v) is 4.87. The molecule has 0 heterocycles. The number of halogens is 1. The highest BCUT2D eigenvalue weighted by atomic mass is 127. The summed E-state index contributed by atoms with van der Waals surface area (Å²) in [5.74, 6) is 0.789. The Kier molecular flexibility index (Phi) is 11.8. The quantitative estimate of drug-likeness (QED) is 0.243. The number of hydrogen-bond donors (Lipinski definition) is 2. The molecule has 31 heavy (non-hydrogen) atoms. The standard InChI is InChI=1S/C22H38N4O3S.HI/c1-6-23-21(25-17-22(12-7-13-22)14-15-29-5)24-16-19-8-10-20(11-9-19)30(27,28)26(4)18(2)3;/h8-11,18H,6-7,12-17H2,1-5H3,(H2,23,24,25);1H. The molecule has 1 fully saturated rings. The zero-order valence-electron chi connectivity index (χ0n) is 19.5. The third-order valence-electron chi connectivity index (χ3n) is 5.97. The van der Waals surface area contributed by atoms with Gasteiger partial charge in [-0.15, -0.1) is 24.0 Å². The molecule has 7 nitrogen and oxygen atoms in total. The Hall–Kier alpha value is -0.910. The van der Waals surface area contributed by atoms with E-state index in [0.29, 0.717) is 16.9 Å². The maximum atomic E-state index is 12.6. The van der Waals surface area contributed by atoms with Crippen LogP contribution >= 0.6 is 24.0 Å². The Morgan fingerprint density at radius 2 is 1.87 bits per heavy atom. The van der Waals surface area contributed by atoms with E-state index < -0.39 is 10.0 Å². The normalized spacial score (nSPS) is 16.0. The van der Waals surface area contributed by atoms with Crippen LogP contribution < -0.4 is 10.6 Å². The van der Waals surface area contributed by atoms with E-state index in [4.69, 9.17) is 4.74 Å². The van der Waals surface area contributed by atoms with Crippen molar-refractivity contribution in [2.75, 3.05) is 33.9 Å². The Balaban J connectivity index is 0.00000480. The zero-order valence-corrected chi connectivity index (χ0v) is 22.6. The lowest BCUT2D eigenvalue weighted by atomic mass is 9.67. The van der Waals surface area contributed by atoms with E-state index in [-0.39, 0.29) is 30.0 Å². The second kappa shape index (κ2) is 13.0. The first-order chi connectivity index (χ1) is 14.2. The molecule has 2 N–H and O–H groups in total. The van der Waals surface area contributed by atoms with Crippen LogP contribution in [0.4, 0.5) is 0 Å². The van der Waals surface area contributed by atoms with Crippen molar-refractivity contribution in [3.05, 3.63) is 29.8 Å². The summed E-state index contributed by atoms with van der Waals surface area (Å²) in [6, 6.07) is 6.90. The number of aliphatic imine (C=N–C) groups is 1. The molecule has 1 saturated carbocycles. The average Bonchev–Trinajstić information content (AvgIpc) is 2.70. The molecule has 0 bridgehead atoms. The summed E-state index contributed by atoms with van der Waals surface area (Å²) < 4.78 is 31.8. The van der Waals surface area contributed by atoms with Crippen molar-refractivity contribution in [1.82, 2.24) is 14.9 Å². The van der Waals surface area contributed by atoms with Crippen molar-refractivity contribution in [1.29, 1.82) is 0 Å². The summed E-state index contributed by atoms with van der Waals surface area (Å²) >= 11 is 0. The van der Waals surface area contributed by atoms with Gasteiger partial charge in [-0.05, 0) is 63.1 Å². The third-order valence-corrected chi connectivity index (χ3v) is 8.02. The van der Waals surface area contributed by atoms with Crippen LogP contribution in [0.25, 0.3) is 0 Å². The van der Waals surface area contributed by atoms with Gasteiger partial charge in [0.25, 0.3) is 0 Å². The molecule has 0 unspecified atom stereocenters. The summed E-state index contributed by atoms with van der Waals surface area (Å²) in [7, 11) is -0.104. The Labute approximate surface area is 205 Å². The van der Waals surface area contributed by atoms with Gasteiger partial charge in [0.1, 0.15) is 0 Å². The molecule has 0 aromatic heterocycles. The van der Waals surface area contributed by atoms with Crippen LogP contribution in [0, 0.1) is 5.41 Å². The zero-order chi connectivity index (χ0) is 22.2. The van der Waals surface area contributed by atoms with E-state index >= 15 is 0 Å². The number of methoxy groups -OCH3 is 1. The van der Waals surface area contributed by atoms with Gasteiger partial charge >= 0.3 is 0 Å². The molecular formula is C22H39IN4O3S. The van der Waals surface area contributed by atoms with Crippen molar-refractivity contribution < 1.29 is 13.2 Å². The number of nitrogens with zero attached hydrogens (tertiary/aromatic N) is 2. The summed E-state index contributed by atoms with van der Waals surface area (Å²) in [6.45, 7) is 8.72.